The van der Waals surface area contributed by atoms with Crippen molar-refractivity contribution in [2.45, 2.75) is 0 Å². The molecule has 1 aromatic heterocycles. The number of aromatic nitrogens is 2. The van der Waals surface area contributed by atoms with E-state index >= 15 is 0 Å². The molecule has 2 fully saturated rings. The SMILES string of the molecule is Fc1cc(-c2ncnc3ccc(Br)cc23)ccc1N1CC2(COC2)C1. The van der Waals surface area contributed by atoms with Crippen LogP contribution in [0.2, 0.25) is 0 Å². The molecule has 25 heavy (non-hydrogen) atoms. The zero-order chi connectivity index (χ0) is 17.0. The zero-order valence-corrected chi connectivity index (χ0v) is 15.0. The van der Waals surface area contributed by atoms with Gasteiger partial charge < -0.3 is 9.64 Å². The molecule has 3 aromatic rings. The summed E-state index contributed by atoms with van der Waals surface area (Å²) in [5.74, 6) is -0.214. The molecule has 2 aromatic carbocycles. The van der Waals surface area contributed by atoms with Gasteiger partial charge in [-0.05, 0) is 30.3 Å². The standard InChI is InChI=1S/C19H15BrFN3O/c20-13-2-3-16-14(6-13)18(23-11-22-16)12-1-4-17(15(21)5-12)24-7-19(8-24)9-25-10-19/h1-6,11H,7-10H2. The molecular weight excluding hydrogens is 385 g/mol. The molecule has 0 radical (unpaired) electrons. The average Bonchev–Trinajstić information content (AvgIpc) is 2.53. The van der Waals surface area contributed by atoms with Gasteiger partial charge in [0.1, 0.15) is 12.1 Å². The van der Waals surface area contributed by atoms with E-state index in [2.05, 4.69) is 30.8 Å². The quantitative estimate of drug-likeness (QED) is 0.651. The second kappa shape index (κ2) is 5.47. The molecule has 5 rings (SSSR count). The number of nitrogens with zero attached hydrogens (tertiary/aromatic N) is 3. The molecule has 2 saturated heterocycles. The van der Waals surface area contributed by atoms with Crippen LogP contribution in [0.5, 0.6) is 0 Å². The molecule has 0 atom stereocenters. The van der Waals surface area contributed by atoms with E-state index in [4.69, 9.17) is 4.74 Å². The Labute approximate surface area is 152 Å². The third-order valence-electron chi connectivity index (χ3n) is 5.03. The first-order valence-corrected chi connectivity index (χ1v) is 8.96. The van der Waals surface area contributed by atoms with Crippen LogP contribution in [0.25, 0.3) is 22.2 Å². The van der Waals surface area contributed by atoms with Crippen LogP contribution in [0.15, 0.2) is 47.2 Å². The van der Waals surface area contributed by atoms with Gasteiger partial charge in [-0.2, -0.15) is 0 Å². The first-order valence-electron chi connectivity index (χ1n) is 8.17. The fourth-order valence-electron chi connectivity index (χ4n) is 3.68. The molecule has 0 unspecified atom stereocenters. The van der Waals surface area contributed by atoms with Crippen LogP contribution >= 0.6 is 15.9 Å². The Hall–Kier alpha value is -2.05. The maximum Gasteiger partial charge on any atom is 0.147 e. The van der Waals surface area contributed by atoms with Crippen molar-refractivity contribution in [3.8, 4) is 11.3 Å². The van der Waals surface area contributed by atoms with E-state index in [1.807, 2.05) is 30.3 Å². The molecule has 4 nitrogen and oxygen atoms in total. The van der Waals surface area contributed by atoms with E-state index in [-0.39, 0.29) is 11.2 Å². The van der Waals surface area contributed by atoms with Crippen molar-refractivity contribution in [3.63, 3.8) is 0 Å². The van der Waals surface area contributed by atoms with Gasteiger partial charge in [0.25, 0.3) is 0 Å². The van der Waals surface area contributed by atoms with Crippen LogP contribution in [0.3, 0.4) is 0 Å². The molecule has 0 amide bonds. The summed E-state index contributed by atoms with van der Waals surface area (Å²) >= 11 is 3.48. The highest BCUT2D eigenvalue weighted by molar-refractivity contribution is 9.10. The molecule has 3 heterocycles. The van der Waals surface area contributed by atoms with Crippen molar-refractivity contribution in [2.24, 2.45) is 5.41 Å². The molecule has 0 bridgehead atoms. The van der Waals surface area contributed by atoms with Crippen LogP contribution < -0.4 is 4.90 Å². The van der Waals surface area contributed by atoms with Crippen molar-refractivity contribution in [1.29, 1.82) is 0 Å². The molecular formula is C19H15BrFN3O. The van der Waals surface area contributed by atoms with Crippen LogP contribution in [-0.2, 0) is 4.74 Å². The number of hydrogen-bond donors (Lipinski definition) is 0. The third kappa shape index (κ3) is 2.43. The van der Waals surface area contributed by atoms with Crippen molar-refractivity contribution in [2.75, 3.05) is 31.2 Å². The van der Waals surface area contributed by atoms with Crippen molar-refractivity contribution in [3.05, 3.63) is 53.0 Å². The summed E-state index contributed by atoms with van der Waals surface area (Å²) in [6, 6.07) is 11.2. The van der Waals surface area contributed by atoms with Gasteiger partial charge in [-0.3, -0.25) is 0 Å². The van der Waals surface area contributed by atoms with Crippen LogP contribution in [0, 0.1) is 11.2 Å². The predicted molar refractivity (Wildman–Crippen MR) is 98.1 cm³/mol. The van der Waals surface area contributed by atoms with E-state index in [1.54, 1.807) is 6.07 Å². The van der Waals surface area contributed by atoms with E-state index in [1.165, 1.54) is 6.33 Å². The molecule has 0 saturated carbocycles. The smallest absolute Gasteiger partial charge is 0.147 e. The second-order valence-electron chi connectivity index (χ2n) is 6.90. The number of hydrogen-bond acceptors (Lipinski definition) is 4. The van der Waals surface area contributed by atoms with Crippen LogP contribution in [0.4, 0.5) is 10.1 Å². The molecule has 1 spiro atoms. The van der Waals surface area contributed by atoms with Gasteiger partial charge in [-0.15, -0.1) is 0 Å². The molecule has 0 aliphatic carbocycles. The minimum atomic E-state index is -0.214. The minimum absolute atomic E-state index is 0.214. The Morgan fingerprint density at radius 1 is 1.08 bits per heavy atom. The Morgan fingerprint density at radius 3 is 2.64 bits per heavy atom. The number of benzene rings is 2. The second-order valence-corrected chi connectivity index (χ2v) is 7.81. The highest BCUT2D eigenvalue weighted by Gasteiger charge is 2.49. The lowest BCUT2D eigenvalue weighted by molar-refractivity contribution is -0.127. The fourth-order valence-corrected chi connectivity index (χ4v) is 4.04. The monoisotopic (exact) mass is 399 g/mol. The van der Waals surface area contributed by atoms with Gasteiger partial charge in [-0.25, -0.2) is 14.4 Å². The van der Waals surface area contributed by atoms with E-state index in [9.17, 15) is 4.39 Å². The van der Waals surface area contributed by atoms with Crippen LogP contribution in [-0.4, -0.2) is 36.3 Å². The van der Waals surface area contributed by atoms with Crippen molar-refractivity contribution < 1.29 is 9.13 Å². The number of rotatable bonds is 2. The molecule has 0 N–H and O–H groups in total. The summed E-state index contributed by atoms with van der Waals surface area (Å²) in [6.45, 7) is 3.33. The summed E-state index contributed by atoms with van der Waals surface area (Å²) in [5.41, 5.74) is 3.26. The van der Waals surface area contributed by atoms with E-state index in [0.717, 1.165) is 52.9 Å². The fraction of sp³-hybridized carbons (Fsp3) is 0.263. The Morgan fingerprint density at radius 2 is 1.92 bits per heavy atom. The molecule has 126 valence electrons. The van der Waals surface area contributed by atoms with Gasteiger partial charge >= 0.3 is 0 Å². The molecule has 2 aliphatic heterocycles. The normalized spacial score (nSPS) is 18.2. The molecule has 2 aliphatic rings. The summed E-state index contributed by atoms with van der Waals surface area (Å²) in [4.78, 5) is 10.7. The predicted octanol–water partition coefficient (Wildman–Crippen LogP) is 4.04. The van der Waals surface area contributed by atoms with Gasteiger partial charge in [0.2, 0.25) is 0 Å². The van der Waals surface area contributed by atoms with Crippen LogP contribution in [0.1, 0.15) is 0 Å². The summed E-state index contributed by atoms with van der Waals surface area (Å²) in [6.07, 6.45) is 1.52. The Balaban J connectivity index is 1.51. The zero-order valence-electron chi connectivity index (χ0n) is 13.4. The largest absolute Gasteiger partial charge is 0.380 e. The topological polar surface area (TPSA) is 38.2 Å². The third-order valence-corrected chi connectivity index (χ3v) is 5.52. The first kappa shape index (κ1) is 15.2. The van der Waals surface area contributed by atoms with Crippen molar-refractivity contribution >= 4 is 32.5 Å². The lowest BCUT2D eigenvalue weighted by Crippen LogP contribution is -2.66. The maximum absolute atomic E-state index is 14.7. The number of halogens is 2. The van der Waals surface area contributed by atoms with Gasteiger partial charge in [0.15, 0.2) is 0 Å². The minimum Gasteiger partial charge on any atom is -0.380 e. The van der Waals surface area contributed by atoms with Gasteiger partial charge in [0.05, 0.1) is 35.5 Å². The molecule has 6 heteroatoms. The van der Waals surface area contributed by atoms with E-state index < -0.39 is 0 Å². The Bertz CT molecular complexity index is 982. The summed E-state index contributed by atoms with van der Waals surface area (Å²) in [5, 5.41) is 0.901. The Kier molecular flexibility index (Phi) is 3.33. The van der Waals surface area contributed by atoms with Crippen molar-refractivity contribution in [1.82, 2.24) is 9.97 Å². The number of fused-ring (bicyclic) bond motifs is 1. The van der Waals surface area contributed by atoms with E-state index in [0.29, 0.717) is 5.69 Å². The van der Waals surface area contributed by atoms with Gasteiger partial charge in [0, 0.05) is 28.5 Å². The number of anilines is 1. The maximum atomic E-state index is 14.7. The average molecular weight is 400 g/mol. The van der Waals surface area contributed by atoms with Gasteiger partial charge in [-0.1, -0.05) is 22.0 Å². The first-order chi connectivity index (χ1) is 12.1. The number of ether oxygens (including phenoxy) is 1. The summed E-state index contributed by atoms with van der Waals surface area (Å²) in [7, 11) is 0. The summed E-state index contributed by atoms with van der Waals surface area (Å²) < 4.78 is 21.0. The lowest BCUT2D eigenvalue weighted by atomic mass is 9.77. The lowest BCUT2D eigenvalue weighted by Gasteiger charge is -2.56. The highest BCUT2D eigenvalue weighted by atomic mass is 79.9. The highest BCUT2D eigenvalue weighted by Crippen LogP contribution is 2.41.